The van der Waals surface area contributed by atoms with Crippen molar-refractivity contribution in [2.75, 3.05) is 7.11 Å². The van der Waals surface area contributed by atoms with Gasteiger partial charge in [-0.15, -0.1) is 5.10 Å². The molecule has 7 heteroatoms. The maximum atomic E-state index is 9.39. The van der Waals surface area contributed by atoms with Crippen molar-refractivity contribution < 1.29 is 9.47 Å². The molecule has 0 radical (unpaired) electrons. The predicted molar refractivity (Wildman–Crippen MR) is 72.9 cm³/mol. The van der Waals surface area contributed by atoms with Gasteiger partial charge in [-0.2, -0.15) is 16.6 Å². The number of ether oxygens (including phenoxy) is 2. The Hall–Kier alpha value is -2.30. The van der Waals surface area contributed by atoms with Crippen molar-refractivity contribution in [1.82, 2.24) is 10.2 Å². The van der Waals surface area contributed by atoms with Gasteiger partial charge >= 0.3 is 0 Å². The summed E-state index contributed by atoms with van der Waals surface area (Å²) in [7, 11) is 1.60. The summed E-state index contributed by atoms with van der Waals surface area (Å²) in [6.07, 6.45) is 0. The quantitative estimate of drug-likeness (QED) is 0.898. The first kappa shape index (κ1) is 12.7. The fraction of sp³-hybridized carbons (Fsp3) is 0.231. The zero-order chi connectivity index (χ0) is 14.1. The van der Waals surface area contributed by atoms with Gasteiger partial charge in [0.05, 0.1) is 23.8 Å². The summed E-state index contributed by atoms with van der Waals surface area (Å²) >= 11 is 1.57. The Morgan fingerprint density at radius 2 is 2.50 bits per heavy atom. The fourth-order valence-corrected chi connectivity index (χ4v) is 3.02. The molecule has 1 atom stereocenters. The minimum Gasteiger partial charge on any atom is -0.420 e. The van der Waals surface area contributed by atoms with Crippen LogP contribution in [0.4, 0.5) is 0 Å². The van der Waals surface area contributed by atoms with Crippen LogP contribution < -0.4 is 10.5 Å². The lowest BCUT2D eigenvalue weighted by atomic mass is 9.85. The molecule has 1 aliphatic heterocycles. The first-order valence-electron chi connectivity index (χ1n) is 5.92. The minimum absolute atomic E-state index is 0.103. The van der Waals surface area contributed by atoms with Gasteiger partial charge in [0.25, 0.3) is 0 Å². The maximum Gasteiger partial charge on any atom is 0.244 e. The third-order valence-corrected chi connectivity index (χ3v) is 3.88. The molecule has 102 valence electrons. The van der Waals surface area contributed by atoms with E-state index < -0.39 is 0 Å². The molecule has 2 aromatic rings. The monoisotopic (exact) mass is 288 g/mol. The zero-order valence-electron chi connectivity index (χ0n) is 10.7. The Labute approximate surface area is 119 Å². The summed E-state index contributed by atoms with van der Waals surface area (Å²) in [5.41, 5.74) is 8.84. The molecule has 0 aliphatic carbocycles. The second-order valence-corrected chi connectivity index (χ2v) is 5.12. The molecule has 0 unspecified atom stereocenters. The Kier molecular flexibility index (Phi) is 3.18. The first-order valence-corrected chi connectivity index (χ1v) is 6.86. The number of nitriles is 1. The smallest absolute Gasteiger partial charge is 0.244 e. The van der Waals surface area contributed by atoms with E-state index in [4.69, 9.17) is 15.2 Å². The summed E-state index contributed by atoms with van der Waals surface area (Å²) in [5.74, 6) is 0.246. The molecule has 0 amide bonds. The number of thiophene rings is 1. The number of H-pyrrole nitrogens is 1. The van der Waals surface area contributed by atoms with Crippen molar-refractivity contribution in [3.63, 3.8) is 0 Å². The summed E-state index contributed by atoms with van der Waals surface area (Å²) < 4.78 is 10.6. The number of rotatable bonds is 3. The molecule has 3 rings (SSSR count). The third-order valence-electron chi connectivity index (χ3n) is 3.18. The first-order chi connectivity index (χ1) is 9.76. The van der Waals surface area contributed by atoms with E-state index >= 15 is 0 Å². The van der Waals surface area contributed by atoms with Crippen molar-refractivity contribution in [3.05, 3.63) is 45.1 Å². The van der Waals surface area contributed by atoms with E-state index in [1.165, 1.54) is 0 Å². The molecule has 0 saturated carbocycles. The number of hydrogen-bond acceptors (Lipinski definition) is 6. The molecule has 3 heterocycles. The van der Waals surface area contributed by atoms with E-state index in [-0.39, 0.29) is 11.8 Å². The van der Waals surface area contributed by atoms with Crippen molar-refractivity contribution >= 4 is 11.3 Å². The highest BCUT2D eigenvalue weighted by molar-refractivity contribution is 7.08. The highest BCUT2D eigenvalue weighted by Gasteiger charge is 2.35. The van der Waals surface area contributed by atoms with E-state index in [0.717, 1.165) is 16.8 Å². The molecule has 20 heavy (non-hydrogen) atoms. The SMILES string of the molecule is COCc1[nH]nc2c1[C@@H](c1ccsc1)C(C#N)=C(N)O2. The number of hydrogen-bond donors (Lipinski definition) is 2. The minimum atomic E-state index is -0.265. The molecule has 3 N–H and O–H groups in total. The molecule has 0 spiro atoms. The molecule has 0 fully saturated rings. The van der Waals surface area contributed by atoms with Crippen LogP contribution in [0.5, 0.6) is 5.88 Å². The van der Waals surface area contributed by atoms with Gasteiger partial charge in [0.1, 0.15) is 11.6 Å². The number of nitrogens with two attached hydrogens (primary N) is 1. The zero-order valence-corrected chi connectivity index (χ0v) is 11.5. The average Bonchev–Trinajstić information content (AvgIpc) is 3.08. The summed E-state index contributed by atoms with van der Waals surface area (Å²) in [6, 6.07) is 4.11. The summed E-state index contributed by atoms with van der Waals surface area (Å²) in [6.45, 7) is 0.366. The highest BCUT2D eigenvalue weighted by atomic mass is 32.1. The van der Waals surface area contributed by atoms with Crippen LogP contribution in [0.25, 0.3) is 0 Å². The number of allylic oxidation sites excluding steroid dienone is 1. The maximum absolute atomic E-state index is 9.39. The van der Waals surface area contributed by atoms with Crippen LogP contribution in [0.15, 0.2) is 28.3 Å². The van der Waals surface area contributed by atoms with E-state index in [2.05, 4.69) is 16.3 Å². The summed E-state index contributed by atoms with van der Waals surface area (Å²) in [5, 5.41) is 20.3. The van der Waals surface area contributed by atoms with Gasteiger partial charge in [-0.05, 0) is 22.4 Å². The third kappa shape index (κ3) is 1.86. The lowest BCUT2D eigenvalue weighted by molar-refractivity contribution is 0.180. The number of aromatic amines is 1. The van der Waals surface area contributed by atoms with Crippen LogP contribution in [0.3, 0.4) is 0 Å². The van der Waals surface area contributed by atoms with Gasteiger partial charge in [-0.3, -0.25) is 5.10 Å². The van der Waals surface area contributed by atoms with Gasteiger partial charge in [-0.25, -0.2) is 0 Å². The lowest BCUT2D eigenvalue weighted by Gasteiger charge is -2.22. The normalized spacial score (nSPS) is 17.5. The average molecular weight is 288 g/mol. The molecular formula is C13H12N4O2S. The molecule has 1 aliphatic rings. The van der Waals surface area contributed by atoms with Crippen LogP contribution in [0, 0.1) is 11.3 Å². The molecule has 2 aromatic heterocycles. The van der Waals surface area contributed by atoms with Crippen LogP contribution in [0.1, 0.15) is 22.7 Å². The van der Waals surface area contributed by atoms with E-state index in [1.54, 1.807) is 18.4 Å². The topological polar surface area (TPSA) is 97.0 Å². The van der Waals surface area contributed by atoms with E-state index in [9.17, 15) is 5.26 Å². The lowest BCUT2D eigenvalue weighted by Crippen LogP contribution is -2.21. The van der Waals surface area contributed by atoms with Crippen molar-refractivity contribution in [2.24, 2.45) is 5.73 Å². The Morgan fingerprint density at radius 1 is 1.65 bits per heavy atom. The predicted octanol–water partition coefficient (Wildman–Crippen LogP) is 1.84. The van der Waals surface area contributed by atoms with Crippen molar-refractivity contribution in [1.29, 1.82) is 5.26 Å². The number of aromatic nitrogens is 2. The van der Waals surface area contributed by atoms with Crippen LogP contribution in [0.2, 0.25) is 0 Å². The van der Waals surface area contributed by atoms with Crippen molar-refractivity contribution in [2.45, 2.75) is 12.5 Å². The molecule has 0 saturated heterocycles. The Balaban J connectivity index is 2.19. The second-order valence-electron chi connectivity index (χ2n) is 4.34. The number of nitrogens with zero attached hydrogens (tertiary/aromatic N) is 2. The van der Waals surface area contributed by atoms with Gasteiger partial charge in [0, 0.05) is 7.11 Å². The van der Waals surface area contributed by atoms with Gasteiger partial charge in [0.2, 0.25) is 11.8 Å². The van der Waals surface area contributed by atoms with Crippen LogP contribution >= 0.6 is 11.3 Å². The second kappa shape index (κ2) is 5.00. The van der Waals surface area contributed by atoms with E-state index in [1.807, 2.05) is 16.8 Å². The van der Waals surface area contributed by atoms with Gasteiger partial charge in [0.15, 0.2) is 0 Å². The Bertz CT molecular complexity index is 697. The van der Waals surface area contributed by atoms with Crippen molar-refractivity contribution in [3.8, 4) is 11.9 Å². The van der Waals surface area contributed by atoms with Crippen LogP contribution in [-0.4, -0.2) is 17.3 Å². The Morgan fingerprint density at radius 3 is 3.15 bits per heavy atom. The molecule has 0 bridgehead atoms. The van der Waals surface area contributed by atoms with Gasteiger partial charge < -0.3 is 15.2 Å². The number of methoxy groups -OCH3 is 1. The van der Waals surface area contributed by atoms with Crippen LogP contribution in [-0.2, 0) is 11.3 Å². The molecule has 0 aromatic carbocycles. The standard InChI is InChI=1S/C13H12N4O2S/c1-18-5-9-11-10(7-2-3-20-6-7)8(4-14)12(15)19-13(11)17-16-9/h2-3,6,10H,5,15H2,1H3,(H,16,17)/t10-/m0/s1. The number of nitrogens with one attached hydrogen (secondary N) is 1. The number of fused-ring (bicyclic) bond motifs is 1. The molecular weight excluding hydrogens is 276 g/mol. The summed E-state index contributed by atoms with van der Waals surface area (Å²) in [4.78, 5) is 0. The highest BCUT2D eigenvalue weighted by Crippen LogP contribution is 2.43. The fourth-order valence-electron chi connectivity index (χ4n) is 2.34. The largest absolute Gasteiger partial charge is 0.420 e. The van der Waals surface area contributed by atoms with E-state index in [0.29, 0.717) is 18.1 Å². The molecule has 6 nitrogen and oxygen atoms in total. The van der Waals surface area contributed by atoms with Gasteiger partial charge in [-0.1, -0.05) is 0 Å².